The van der Waals surface area contributed by atoms with E-state index in [4.69, 9.17) is 5.21 Å². The minimum Gasteiger partial charge on any atom is -0.425 e. The molecule has 0 saturated carbocycles. The van der Waals surface area contributed by atoms with Crippen molar-refractivity contribution < 1.29 is 5.21 Å². The lowest BCUT2D eigenvalue weighted by Gasteiger charge is -1.93. The summed E-state index contributed by atoms with van der Waals surface area (Å²) in [5.74, 6) is 0. The Morgan fingerprint density at radius 1 is 1.56 bits per heavy atom. The van der Waals surface area contributed by atoms with Gasteiger partial charge in [-0.15, -0.1) is 0 Å². The molecule has 0 radical (unpaired) electrons. The van der Waals surface area contributed by atoms with Crippen molar-refractivity contribution in [2.24, 2.45) is 0 Å². The summed E-state index contributed by atoms with van der Waals surface area (Å²) in [6.45, 7) is 1.80. The van der Waals surface area contributed by atoms with Crippen molar-refractivity contribution in [2.75, 3.05) is 0 Å². The molecule has 0 fully saturated rings. The van der Waals surface area contributed by atoms with E-state index in [1.807, 2.05) is 0 Å². The molecule has 1 rings (SSSR count). The van der Waals surface area contributed by atoms with Crippen molar-refractivity contribution in [1.29, 1.82) is 0 Å². The van der Waals surface area contributed by atoms with Gasteiger partial charge in [0.05, 0.1) is 6.20 Å². The van der Waals surface area contributed by atoms with Crippen molar-refractivity contribution >= 4 is 0 Å². The molecule has 1 aromatic rings. The zero-order valence-corrected chi connectivity index (χ0v) is 5.03. The molecule has 0 aliphatic heterocycles. The average Bonchev–Trinajstić information content (AvgIpc) is 1.80. The summed E-state index contributed by atoms with van der Waals surface area (Å²) < 4.78 is 0.565. The Hall–Kier alpha value is -1.25. The summed E-state index contributed by atoms with van der Waals surface area (Å²) in [7, 11) is 0. The Labute approximate surface area is 52.1 Å². The normalized spacial score (nSPS) is 9.44. The highest BCUT2D eigenvalue weighted by atomic mass is 16.5. The maximum Gasteiger partial charge on any atom is 0.282 e. The Balaban J connectivity index is 3.34. The lowest BCUT2D eigenvalue weighted by atomic mass is 10.3. The molecule has 0 saturated heterocycles. The minimum atomic E-state index is -0.402. The van der Waals surface area contributed by atoms with Gasteiger partial charge in [0.15, 0.2) is 0 Å². The molecule has 0 aliphatic carbocycles. The topological polar surface area (TPSA) is 42.2 Å². The van der Waals surface area contributed by atoms with Crippen LogP contribution in [0.4, 0.5) is 0 Å². The molecule has 0 spiro atoms. The number of rotatable bonds is 0. The first-order chi connectivity index (χ1) is 4.20. The standard InChI is InChI=1S/C6H7NO2/c1-5-2-3-6(8)7(9)4-5/h2-4,9H,1H3. The predicted molar refractivity (Wildman–Crippen MR) is 32.6 cm³/mol. The second-order valence-electron chi connectivity index (χ2n) is 1.89. The molecule has 0 bridgehead atoms. The lowest BCUT2D eigenvalue weighted by molar-refractivity contribution is 0.174. The predicted octanol–water partition coefficient (Wildman–Crippen LogP) is 0.394. The van der Waals surface area contributed by atoms with Crippen LogP contribution in [0.1, 0.15) is 5.56 Å². The van der Waals surface area contributed by atoms with Crippen LogP contribution < -0.4 is 5.56 Å². The molecule has 3 heteroatoms. The average molecular weight is 125 g/mol. The molecule has 3 nitrogen and oxygen atoms in total. The molecule has 9 heavy (non-hydrogen) atoms. The molecular weight excluding hydrogens is 118 g/mol. The minimum absolute atomic E-state index is 0.402. The smallest absolute Gasteiger partial charge is 0.282 e. The summed E-state index contributed by atoms with van der Waals surface area (Å²) in [4.78, 5) is 10.5. The Bertz CT molecular complexity index is 264. The largest absolute Gasteiger partial charge is 0.425 e. The Morgan fingerprint density at radius 3 is 2.67 bits per heavy atom. The van der Waals surface area contributed by atoms with Gasteiger partial charge in [0.1, 0.15) is 0 Å². The van der Waals surface area contributed by atoms with Gasteiger partial charge < -0.3 is 5.21 Å². The molecule has 0 unspecified atom stereocenters. The third-order valence-corrected chi connectivity index (χ3v) is 1.04. The van der Waals surface area contributed by atoms with Crippen LogP contribution >= 0.6 is 0 Å². The van der Waals surface area contributed by atoms with Crippen molar-refractivity contribution in [1.82, 2.24) is 4.73 Å². The van der Waals surface area contributed by atoms with Gasteiger partial charge in [-0.3, -0.25) is 4.79 Å². The molecule has 1 N–H and O–H groups in total. The zero-order valence-electron chi connectivity index (χ0n) is 5.03. The zero-order chi connectivity index (χ0) is 6.85. The Kier molecular flexibility index (Phi) is 1.26. The van der Waals surface area contributed by atoms with E-state index < -0.39 is 5.56 Å². The van der Waals surface area contributed by atoms with E-state index in [9.17, 15) is 4.79 Å². The molecule has 0 amide bonds. The quantitative estimate of drug-likeness (QED) is 0.510. The first-order valence-electron chi connectivity index (χ1n) is 2.59. The lowest BCUT2D eigenvalue weighted by Crippen LogP contribution is -2.15. The van der Waals surface area contributed by atoms with E-state index in [1.165, 1.54) is 12.3 Å². The summed E-state index contributed by atoms with van der Waals surface area (Å²) in [5, 5.41) is 8.70. The summed E-state index contributed by atoms with van der Waals surface area (Å²) in [6, 6.07) is 2.96. The Morgan fingerprint density at radius 2 is 2.22 bits per heavy atom. The van der Waals surface area contributed by atoms with Gasteiger partial charge >= 0.3 is 0 Å². The van der Waals surface area contributed by atoms with E-state index in [1.54, 1.807) is 13.0 Å². The molecule has 1 heterocycles. The molecule has 0 aromatic carbocycles. The molecular formula is C6H7NO2. The highest BCUT2D eigenvalue weighted by Gasteiger charge is 1.88. The third-order valence-electron chi connectivity index (χ3n) is 1.04. The highest BCUT2D eigenvalue weighted by Crippen LogP contribution is 1.87. The van der Waals surface area contributed by atoms with Crippen LogP contribution in [0.5, 0.6) is 0 Å². The molecule has 48 valence electrons. The van der Waals surface area contributed by atoms with Crippen molar-refractivity contribution in [2.45, 2.75) is 6.92 Å². The number of pyridine rings is 1. The number of nitrogens with zero attached hydrogens (tertiary/aromatic N) is 1. The third kappa shape index (κ3) is 1.10. The van der Waals surface area contributed by atoms with Gasteiger partial charge in [-0.05, 0) is 12.5 Å². The molecule has 1 aromatic heterocycles. The van der Waals surface area contributed by atoms with Crippen LogP contribution in [0.2, 0.25) is 0 Å². The van der Waals surface area contributed by atoms with Gasteiger partial charge in [-0.1, -0.05) is 6.07 Å². The first kappa shape index (κ1) is 5.88. The van der Waals surface area contributed by atoms with E-state index in [-0.39, 0.29) is 0 Å². The highest BCUT2D eigenvalue weighted by molar-refractivity contribution is 5.05. The summed E-state index contributed by atoms with van der Waals surface area (Å²) in [5.41, 5.74) is 0.456. The van der Waals surface area contributed by atoms with Gasteiger partial charge in [0.25, 0.3) is 5.56 Å². The van der Waals surface area contributed by atoms with Crippen LogP contribution in [0, 0.1) is 6.92 Å². The van der Waals surface area contributed by atoms with Gasteiger partial charge in [0, 0.05) is 6.07 Å². The van der Waals surface area contributed by atoms with Gasteiger partial charge in [0.2, 0.25) is 0 Å². The van der Waals surface area contributed by atoms with Crippen LogP contribution in [-0.2, 0) is 0 Å². The monoisotopic (exact) mass is 125 g/mol. The van der Waals surface area contributed by atoms with Crippen LogP contribution in [-0.4, -0.2) is 9.94 Å². The fourth-order valence-corrected chi connectivity index (χ4v) is 0.579. The van der Waals surface area contributed by atoms with E-state index in [0.717, 1.165) is 5.56 Å². The number of aryl methyl sites for hydroxylation is 1. The summed E-state index contributed by atoms with van der Waals surface area (Å²) >= 11 is 0. The van der Waals surface area contributed by atoms with Crippen molar-refractivity contribution in [3.8, 4) is 0 Å². The van der Waals surface area contributed by atoms with Crippen molar-refractivity contribution in [3.05, 3.63) is 34.2 Å². The number of hydrogen-bond acceptors (Lipinski definition) is 2. The van der Waals surface area contributed by atoms with E-state index >= 15 is 0 Å². The SMILES string of the molecule is Cc1ccc(=O)n(O)c1. The van der Waals surface area contributed by atoms with Gasteiger partial charge in [-0.2, -0.15) is 4.73 Å². The van der Waals surface area contributed by atoms with Crippen LogP contribution in [0.15, 0.2) is 23.1 Å². The van der Waals surface area contributed by atoms with Crippen molar-refractivity contribution in [3.63, 3.8) is 0 Å². The fourth-order valence-electron chi connectivity index (χ4n) is 0.579. The summed E-state index contributed by atoms with van der Waals surface area (Å²) in [6.07, 6.45) is 1.36. The maximum absolute atomic E-state index is 10.5. The number of aromatic nitrogens is 1. The maximum atomic E-state index is 10.5. The van der Waals surface area contributed by atoms with Gasteiger partial charge in [-0.25, -0.2) is 0 Å². The molecule has 0 aliphatic rings. The second-order valence-corrected chi connectivity index (χ2v) is 1.89. The molecule has 0 atom stereocenters. The van der Waals surface area contributed by atoms with E-state index in [2.05, 4.69) is 0 Å². The number of hydrogen-bond donors (Lipinski definition) is 1. The fraction of sp³-hybridized carbons (Fsp3) is 0.167. The first-order valence-corrected chi connectivity index (χ1v) is 2.59. The second kappa shape index (κ2) is 1.93. The van der Waals surface area contributed by atoms with E-state index in [0.29, 0.717) is 4.73 Å². The van der Waals surface area contributed by atoms with Crippen LogP contribution in [0.25, 0.3) is 0 Å². The van der Waals surface area contributed by atoms with Crippen LogP contribution in [0.3, 0.4) is 0 Å².